The number of amides is 3. The molecular formula is C18H17N3O4. The first-order chi connectivity index (χ1) is 12.1. The summed E-state index contributed by atoms with van der Waals surface area (Å²) < 4.78 is 5.05. The zero-order chi connectivity index (χ0) is 17.8. The summed E-state index contributed by atoms with van der Waals surface area (Å²) in [5.41, 5.74) is 1.38. The van der Waals surface area contributed by atoms with Gasteiger partial charge < -0.3 is 20.7 Å². The number of ether oxygens (including phenoxy) is 1. The Morgan fingerprint density at radius 1 is 1.12 bits per heavy atom. The van der Waals surface area contributed by atoms with Gasteiger partial charge in [0.05, 0.1) is 24.8 Å². The lowest BCUT2D eigenvalue weighted by atomic mass is 10.1. The van der Waals surface area contributed by atoms with E-state index in [0.717, 1.165) is 0 Å². The number of fused-ring (bicyclic) bond motifs is 1. The molecule has 25 heavy (non-hydrogen) atoms. The van der Waals surface area contributed by atoms with Gasteiger partial charge in [0.25, 0.3) is 5.91 Å². The standard InChI is InChI=1S/C18H17N3O4/c1-25-12-8-6-11(7-9-12)19-16(22)10-15-18(24)20-14-5-3-2-4-13(14)17(23)21-15/h2-9,15H,10H2,1H3,(H,19,22)(H,20,24)(H,21,23)/t15-/m1/s1. The molecule has 1 aliphatic heterocycles. The zero-order valence-corrected chi connectivity index (χ0v) is 13.5. The summed E-state index contributed by atoms with van der Waals surface area (Å²) in [4.78, 5) is 36.7. The van der Waals surface area contributed by atoms with E-state index >= 15 is 0 Å². The van der Waals surface area contributed by atoms with Crippen LogP contribution in [-0.4, -0.2) is 30.9 Å². The summed E-state index contributed by atoms with van der Waals surface area (Å²) in [6, 6.07) is 12.6. The van der Waals surface area contributed by atoms with Crippen LogP contribution in [-0.2, 0) is 9.59 Å². The Morgan fingerprint density at radius 2 is 1.84 bits per heavy atom. The molecule has 128 valence electrons. The Hall–Kier alpha value is -3.35. The molecule has 1 aliphatic rings. The van der Waals surface area contributed by atoms with Gasteiger partial charge in [0, 0.05) is 5.69 Å². The van der Waals surface area contributed by atoms with Gasteiger partial charge in [-0.05, 0) is 36.4 Å². The number of benzene rings is 2. The minimum absolute atomic E-state index is 0.169. The molecule has 0 spiro atoms. The maximum absolute atomic E-state index is 12.3. The highest BCUT2D eigenvalue weighted by Gasteiger charge is 2.29. The Balaban J connectivity index is 1.67. The summed E-state index contributed by atoms with van der Waals surface area (Å²) >= 11 is 0. The highest BCUT2D eigenvalue weighted by Crippen LogP contribution is 2.19. The molecule has 3 rings (SSSR count). The number of hydrogen-bond acceptors (Lipinski definition) is 4. The molecule has 2 aromatic carbocycles. The zero-order valence-electron chi connectivity index (χ0n) is 13.5. The molecule has 7 nitrogen and oxygen atoms in total. The number of para-hydroxylation sites is 1. The summed E-state index contributed by atoms with van der Waals surface area (Å²) in [5, 5.41) is 7.95. The quantitative estimate of drug-likeness (QED) is 0.791. The molecular weight excluding hydrogens is 322 g/mol. The second kappa shape index (κ2) is 7.04. The molecule has 0 saturated heterocycles. The predicted octanol–water partition coefficient (Wildman–Crippen LogP) is 1.77. The third-order valence-corrected chi connectivity index (χ3v) is 3.81. The van der Waals surface area contributed by atoms with E-state index in [1.54, 1.807) is 55.6 Å². The topological polar surface area (TPSA) is 96.5 Å². The molecule has 0 bridgehead atoms. The molecule has 3 N–H and O–H groups in total. The number of nitrogens with one attached hydrogen (secondary N) is 3. The van der Waals surface area contributed by atoms with E-state index in [9.17, 15) is 14.4 Å². The monoisotopic (exact) mass is 339 g/mol. The van der Waals surface area contributed by atoms with E-state index < -0.39 is 17.9 Å². The molecule has 7 heteroatoms. The normalized spacial score (nSPS) is 16.1. The van der Waals surface area contributed by atoms with Crippen LogP contribution in [0.3, 0.4) is 0 Å². The first kappa shape index (κ1) is 16.5. The molecule has 0 saturated carbocycles. The second-order valence-electron chi connectivity index (χ2n) is 5.54. The van der Waals surface area contributed by atoms with E-state index in [1.165, 1.54) is 0 Å². The molecule has 0 fully saturated rings. The largest absolute Gasteiger partial charge is 0.497 e. The van der Waals surface area contributed by atoms with Gasteiger partial charge in [0.1, 0.15) is 11.8 Å². The molecule has 0 unspecified atom stereocenters. The van der Waals surface area contributed by atoms with Crippen LogP contribution < -0.4 is 20.7 Å². The fraction of sp³-hybridized carbons (Fsp3) is 0.167. The van der Waals surface area contributed by atoms with Crippen molar-refractivity contribution >= 4 is 29.1 Å². The van der Waals surface area contributed by atoms with Crippen LogP contribution in [0.1, 0.15) is 16.8 Å². The van der Waals surface area contributed by atoms with Crippen LogP contribution in [0, 0.1) is 0 Å². The van der Waals surface area contributed by atoms with Crippen LogP contribution in [0.4, 0.5) is 11.4 Å². The lowest BCUT2D eigenvalue weighted by molar-refractivity contribution is -0.122. The highest BCUT2D eigenvalue weighted by molar-refractivity contribution is 6.11. The Labute approximate surface area is 144 Å². The SMILES string of the molecule is COc1ccc(NC(=O)C[C@H]2NC(=O)c3ccccc3NC2=O)cc1. The number of carbonyl (C=O) groups is 3. The van der Waals surface area contributed by atoms with E-state index in [-0.39, 0.29) is 12.3 Å². The molecule has 0 aromatic heterocycles. The van der Waals surface area contributed by atoms with Gasteiger partial charge in [0.15, 0.2) is 0 Å². The summed E-state index contributed by atoms with van der Waals surface area (Å²) in [6.45, 7) is 0. The van der Waals surface area contributed by atoms with Gasteiger partial charge in [-0.3, -0.25) is 14.4 Å². The van der Waals surface area contributed by atoms with Gasteiger partial charge in [-0.1, -0.05) is 12.1 Å². The van der Waals surface area contributed by atoms with Crippen molar-refractivity contribution < 1.29 is 19.1 Å². The van der Waals surface area contributed by atoms with Crippen molar-refractivity contribution in [3.8, 4) is 5.75 Å². The molecule has 2 aromatic rings. The minimum Gasteiger partial charge on any atom is -0.497 e. The first-order valence-corrected chi connectivity index (χ1v) is 7.71. The average Bonchev–Trinajstić information content (AvgIpc) is 2.72. The Kier molecular flexibility index (Phi) is 4.65. The molecule has 3 amide bonds. The number of rotatable bonds is 4. The van der Waals surface area contributed by atoms with Crippen LogP contribution in [0.15, 0.2) is 48.5 Å². The van der Waals surface area contributed by atoms with Gasteiger partial charge in [-0.25, -0.2) is 0 Å². The Bertz CT molecular complexity index is 817. The van der Waals surface area contributed by atoms with Gasteiger partial charge in [0.2, 0.25) is 11.8 Å². The summed E-state index contributed by atoms with van der Waals surface area (Å²) in [5.74, 6) is -0.526. The number of hydrogen-bond donors (Lipinski definition) is 3. The first-order valence-electron chi connectivity index (χ1n) is 7.71. The van der Waals surface area contributed by atoms with Gasteiger partial charge in [-0.2, -0.15) is 0 Å². The van der Waals surface area contributed by atoms with Crippen molar-refractivity contribution in [1.29, 1.82) is 0 Å². The second-order valence-corrected chi connectivity index (χ2v) is 5.54. The van der Waals surface area contributed by atoms with E-state index in [0.29, 0.717) is 22.7 Å². The predicted molar refractivity (Wildman–Crippen MR) is 92.6 cm³/mol. The number of methoxy groups -OCH3 is 1. The minimum atomic E-state index is -0.946. The number of carbonyl (C=O) groups excluding carboxylic acids is 3. The van der Waals surface area contributed by atoms with Crippen molar-refractivity contribution in [3.63, 3.8) is 0 Å². The van der Waals surface area contributed by atoms with Crippen LogP contribution >= 0.6 is 0 Å². The van der Waals surface area contributed by atoms with Crippen molar-refractivity contribution in [2.75, 3.05) is 17.7 Å². The van der Waals surface area contributed by atoms with Crippen molar-refractivity contribution in [2.45, 2.75) is 12.5 Å². The fourth-order valence-electron chi connectivity index (χ4n) is 2.53. The van der Waals surface area contributed by atoms with Gasteiger partial charge >= 0.3 is 0 Å². The smallest absolute Gasteiger partial charge is 0.254 e. The fourth-order valence-corrected chi connectivity index (χ4v) is 2.53. The van der Waals surface area contributed by atoms with Gasteiger partial charge in [-0.15, -0.1) is 0 Å². The van der Waals surface area contributed by atoms with Crippen molar-refractivity contribution in [1.82, 2.24) is 5.32 Å². The maximum Gasteiger partial charge on any atom is 0.254 e. The third kappa shape index (κ3) is 3.77. The van der Waals surface area contributed by atoms with Crippen LogP contribution in [0.5, 0.6) is 5.75 Å². The summed E-state index contributed by atoms with van der Waals surface area (Å²) in [7, 11) is 1.55. The molecule has 0 radical (unpaired) electrons. The Morgan fingerprint density at radius 3 is 2.56 bits per heavy atom. The van der Waals surface area contributed by atoms with Crippen molar-refractivity contribution in [2.24, 2.45) is 0 Å². The van der Waals surface area contributed by atoms with Crippen molar-refractivity contribution in [3.05, 3.63) is 54.1 Å². The lowest BCUT2D eigenvalue weighted by Gasteiger charge is -2.14. The van der Waals surface area contributed by atoms with Crippen LogP contribution in [0.2, 0.25) is 0 Å². The van der Waals surface area contributed by atoms with E-state index in [1.807, 2.05) is 0 Å². The van der Waals surface area contributed by atoms with Crippen LogP contribution in [0.25, 0.3) is 0 Å². The lowest BCUT2D eigenvalue weighted by Crippen LogP contribution is -2.43. The molecule has 1 heterocycles. The maximum atomic E-state index is 12.3. The average molecular weight is 339 g/mol. The number of anilines is 2. The highest BCUT2D eigenvalue weighted by atomic mass is 16.5. The molecule has 0 aliphatic carbocycles. The summed E-state index contributed by atoms with van der Waals surface area (Å²) in [6.07, 6.45) is -0.169. The third-order valence-electron chi connectivity index (χ3n) is 3.81. The molecule has 1 atom stereocenters. The van der Waals surface area contributed by atoms with E-state index in [4.69, 9.17) is 4.74 Å². The van der Waals surface area contributed by atoms with E-state index in [2.05, 4.69) is 16.0 Å².